The first-order chi connectivity index (χ1) is 2.50. The van der Waals surface area contributed by atoms with Gasteiger partial charge >= 0.3 is 0 Å². The van der Waals surface area contributed by atoms with Crippen LogP contribution in [0.4, 0.5) is 0 Å². The van der Waals surface area contributed by atoms with E-state index < -0.39 is 0 Å². The number of hydrogen-bond donors (Lipinski definition) is 2. The zero-order valence-electron chi connectivity index (χ0n) is 3.42. The molecule has 1 aliphatic rings. The van der Waals surface area contributed by atoms with Crippen LogP contribution in [0.15, 0.2) is 0 Å². The molecular formula is C3H8AgN2. The molecule has 0 bridgehead atoms. The van der Waals surface area contributed by atoms with Gasteiger partial charge in [-0.1, -0.05) is 0 Å². The maximum absolute atomic E-state index is 3.11. The van der Waals surface area contributed by atoms with Crippen LogP contribution in [0.25, 0.3) is 0 Å². The second-order valence-corrected chi connectivity index (χ2v) is 1.18. The van der Waals surface area contributed by atoms with Crippen molar-refractivity contribution in [2.45, 2.75) is 0 Å². The first-order valence-corrected chi connectivity index (χ1v) is 1.91. The molecule has 0 amide bonds. The van der Waals surface area contributed by atoms with Crippen LogP contribution in [0.3, 0.4) is 0 Å². The van der Waals surface area contributed by atoms with E-state index in [1.807, 2.05) is 0 Å². The van der Waals surface area contributed by atoms with Crippen molar-refractivity contribution in [1.29, 1.82) is 0 Å². The molecule has 0 unspecified atom stereocenters. The van der Waals surface area contributed by atoms with Gasteiger partial charge in [-0.05, 0) is 0 Å². The average Bonchev–Trinajstić information content (AvgIpc) is 1.76. The number of nitrogens with one attached hydrogen (secondary N) is 2. The maximum Gasteiger partial charge on any atom is 0.0455 e. The van der Waals surface area contributed by atoms with E-state index in [4.69, 9.17) is 0 Å². The summed E-state index contributed by atoms with van der Waals surface area (Å²) in [5, 5.41) is 6.22. The van der Waals surface area contributed by atoms with Crippen molar-refractivity contribution in [3.8, 4) is 0 Å². The van der Waals surface area contributed by atoms with Crippen LogP contribution in [0.1, 0.15) is 0 Å². The maximum atomic E-state index is 3.11. The molecule has 2 nitrogen and oxygen atoms in total. The Kier molecular flexibility index (Phi) is 4.26. The topological polar surface area (TPSA) is 24.1 Å². The van der Waals surface area contributed by atoms with Crippen molar-refractivity contribution in [2.24, 2.45) is 0 Å². The summed E-state index contributed by atoms with van der Waals surface area (Å²) < 4.78 is 0. The van der Waals surface area contributed by atoms with Crippen molar-refractivity contribution in [1.82, 2.24) is 10.6 Å². The van der Waals surface area contributed by atoms with Gasteiger partial charge in [-0.25, -0.2) is 0 Å². The molecule has 3 heteroatoms. The molecular weight excluding hydrogens is 172 g/mol. The van der Waals surface area contributed by atoms with E-state index in [0.29, 0.717) is 0 Å². The second kappa shape index (κ2) is 3.84. The fraction of sp³-hybridized carbons (Fsp3) is 1.00. The molecule has 0 aromatic heterocycles. The fourth-order valence-electron chi connectivity index (χ4n) is 0.442. The van der Waals surface area contributed by atoms with Gasteiger partial charge in [0.25, 0.3) is 0 Å². The minimum atomic E-state index is 0. The van der Waals surface area contributed by atoms with Gasteiger partial charge in [-0.15, -0.1) is 0 Å². The van der Waals surface area contributed by atoms with E-state index >= 15 is 0 Å². The molecule has 0 aromatic rings. The zero-order valence-corrected chi connectivity index (χ0v) is 4.91. The third-order valence-electron chi connectivity index (χ3n) is 0.729. The summed E-state index contributed by atoms with van der Waals surface area (Å²) in [6.45, 7) is 3.28. The Morgan fingerprint density at radius 1 is 1.00 bits per heavy atom. The quantitative estimate of drug-likeness (QED) is 0.473. The molecule has 2 N–H and O–H groups in total. The van der Waals surface area contributed by atoms with Gasteiger partial charge in [-0.2, -0.15) is 0 Å². The standard InChI is InChI=1S/C3H8N2.Ag/c1-2-5-3-4-1;/h4-5H,1-3H2;. The third-order valence-corrected chi connectivity index (χ3v) is 0.729. The van der Waals surface area contributed by atoms with E-state index in [-0.39, 0.29) is 22.4 Å². The molecule has 41 valence electrons. The summed E-state index contributed by atoms with van der Waals surface area (Å²) in [6.07, 6.45) is 0. The van der Waals surface area contributed by atoms with Gasteiger partial charge in [0.05, 0.1) is 0 Å². The summed E-state index contributed by atoms with van der Waals surface area (Å²) in [5.41, 5.74) is 0. The Morgan fingerprint density at radius 2 is 1.50 bits per heavy atom. The minimum Gasteiger partial charge on any atom is -0.303 e. The molecule has 0 atom stereocenters. The van der Waals surface area contributed by atoms with Crippen LogP contribution in [0.5, 0.6) is 0 Å². The van der Waals surface area contributed by atoms with Gasteiger partial charge in [0.1, 0.15) is 0 Å². The van der Waals surface area contributed by atoms with Crippen molar-refractivity contribution < 1.29 is 22.4 Å². The van der Waals surface area contributed by atoms with Crippen LogP contribution in [0, 0.1) is 0 Å². The average molecular weight is 180 g/mol. The summed E-state index contributed by atoms with van der Waals surface area (Å²) >= 11 is 0. The van der Waals surface area contributed by atoms with Gasteiger partial charge in [0, 0.05) is 42.1 Å². The normalized spacial score (nSPS) is 20.0. The number of hydrogen-bond acceptors (Lipinski definition) is 2. The monoisotopic (exact) mass is 179 g/mol. The molecule has 1 heterocycles. The van der Waals surface area contributed by atoms with Crippen LogP contribution in [0.2, 0.25) is 0 Å². The fourth-order valence-corrected chi connectivity index (χ4v) is 0.442. The summed E-state index contributed by atoms with van der Waals surface area (Å²) in [5.74, 6) is 0. The molecule has 1 radical (unpaired) electrons. The Bertz CT molecular complexity index is 20.4. The first kappa shape index (κ1) is 6.66. The van der Waals surface area contributed by atoms with Crippen LogP contribution in [-0.2, 0) is 22.4 Å². The van der Waals surface area contributed by atoms with Crippen LogP contribution >= 0.6 is 0 Å². The molecule has 1 saturated heterocycles. The summed E-state index contributed by atoms with van der Waals surface area (Å²) in [4.78, 5) is 0. The molecule has 6 heavy (non-hydrogen) atoms. The number of rotatable bonds is 0. The van der Waals surface area contributed by atoms with Crippen molar-refractivity contribution >= 4 is 0 Å². The van der Waals surface area contributed by atoms with E-state index in [0.717, 1.165) is 19.8 Å². The molecule has 1 fully saturated rings. The van der Waals surface area contributed by atoms with E-state index in [2.05, 4.69) is 10.6 Å². The molecule has 1 aliphatic heterocycles. The molecule has 0 spiro atoms. The SMILES string of the molecule is C1CNCN1.[Ag]. The molecule has 0 saturated carbocycles. The van der Waals surface area contributed by atoms with Crippen molar-refractivity contribution in [3.63, 3.8) is 0 Å². The summed E-state index contributed by atoms with van der Waals surface area (Å²) in [6, 6.07) is 0. The predicted molar refractivity (Wildman–Crippen MR) is 20.9 cm³/mol. The van der Waals surface area contributed by atoms with E-state index in [1.54, 1.807) is 0 Å². The Morgan fingerprint density at radius 3 is 1.67 bits per heavy atom. The summed E-state index contributed by atoms with van der Waals surface area (Å²) in [7, 11) is 0. The van der Waals surface area contributed by atoms with Crippen LogP contribution in [-0.4, -0.2) is 19.8 Å². The van der Waals surface area contributed by atoms with E-state index in [9.17, 15) is 0 Å². The largest absolute Gasteiger partial charge is 0.303 e. The molecule has 0 aromatic carbocycles. The first-order valence-electron chi connectivity index (χ1n) is 1.91. The Hall–Kier alpha value is 0.660. The zero-order chi connectivity index (χ0) is 3.54. The molecule has 1 rings (SSSR count). The van der Waals surface area contributed by atoms with Crippen molar-refractivity contribution in [3.05, 3.63) is 0 Å². The van der Waals surface area contributed by atoms with E-state index in [1.165, 1.54) is 0 Å². The smallest absolute Gasteiger partial charge is 0.0455 e. The Labute approximate surface area is 53.2 Å². The minimum absolute atomic E-state index is 0. The second-order valence-electron chi connectivity index (χ2n) is 1.18. The van der Waals surface area contributed by atoms with Crippen molar-refractivity contribution in [2.75, 3.05) is 19.8 Å². The van der Waals surface area contributed by atoms with Gasteiger partial charge in [0.2, 0.25) is 0 Å². The van der Waals surface area contributed by atoms with Gasteiger partial charge in [-0.3, -0.25) is 0 Å². The molecule has 0 aliphatic carbocycles. The Balaban J connectivity index is 0.000000250. The van der Waals surface area contributed by atoms with Crippen LogP contribution < -0.4 is 10.6 Å². The van der Waals surface area contributed by atoms with Gasteiger partial charge in [0.15, 0.2) is 0 Å². The third kappa shape index (κ3) is 1.95. The predicted octanol–water partition coefficient (Wildman–Crippen LogP) is -0.866. The van der Waals surface area contributed by atoms with Gasteiger partial charge < -0.3 is 10.6 Å².